The highest BCUT2D eigenvalue weighted by Gasteiger charge is 2.20. The van der Waals surface area contributed by atoms with E-state index in [9.17, 15) is 9.90 Å². The molecule has 0 saturated carbocycles. The average Bonchev–Trinajstić information content (AvgIpc) is 2.60. The highest BCUT2D eigenvalue weighted by Crippen LogP contribution is 2.28. The number of benzene rings is 2. The molecule has 0 fully saturated rings. The second-order valence-electron chi connectivity index (χ2n) is 8.09. The van der Waals surface area contributed by atoms with Gasteiger partial charge in [-0.3, -0.25) is 0 Å². The number of carbonyl (C=O) groups excluding carboxylic acids is 1. The summed E-state index contributed by atoms with van der Waals surface area (Å²) in [5.41, 5.74) is 5.53. The van der Waals surface area contributed by atoms with Gasteiger partial charge in [0.15, 0.2) is 0 Å². The van der Waals surface area contributed by atoms with E-state index in [1.54, 1.807) is 0 Å². The minimum Gasteiger partial charge on any atom is -0.393 e. The Labute approximate surface area is 155 Å². The Morgan fingerprint density at radius 1 is 1.15 bits per heavy atom. The third kappa shape index (κ3) is 4.44. The maximum absolute atomic E-state index is 12.3. The summed E-state index contributed by atoms with van der Waals surface area (Å²) in [4.78, 5) is 12.3. The van der Waals surface area contributed by atoms with Gasteiger partial charge in [-0.2, -0.15) is 0 Å². The molecular weight excluding hydrogens is 324 g/mol. The van der Waals surface area contributed by atoms with Crippen molar-refractivity contribution in [3.8, 4) is 0 Å². The minimum atomic E-state index is -0.324. The zero-order chi connectivity index (χ0) is 18.7. The van der Waals surface area contributed by atoms with Gasteiger partial charge in [0.2, 0.25) is 0 Å². The summed E-state index contributed by atoms with van der Waals surface area (Å²) in [6.07, 6.45) is 1.91. The van der Waals surface area contributed by atoms with Gasteiger partial charge in [0.1, 0.15) is 0 Å². The Kier molecular flexibility index (Phi) is 5.33. The smallest absolute Gasteiger partial charge is 0.319 e. The number of hydrogen-bond donors (Lipinski definition) is 3. The molecule has 1 aliphatic carbocycles. The van der Waals surface area contributed by atoms with Crippen molar-refractivity contribution in [3.05, 3.63) is 64.7 Å². The van der Waals surface area contributed by atoms with Gasteiger partial charge in [0.25, 0.3) is 0 Å². The first-order chi connectivity index (χ1) is 12.3. The first-order valence-corrected chi connectivity index (χ1v) is 9.26. The Morgan fingerprint density at radius 3 is 2.58 bits per heavy atom. The van der Waals surface area contributed by atoms with Gasteiger partial charge >= 0.3 is 6.03 Å². The van der Waals surface area contributed by atoms with Crippen LogP contribution in [0.25, 0.3) is 0 Å². The number of aliphatic hydroxyl groups is 1. The van der Waals surface area contributed by atoms with Crippen LogP contribution in [0.15, 0.2) is 42.5 Å². The third-order valence-electron chi connectivity index (χ3n) is 4.98. The molecule has 0 heterocycles. The van der Waals surface area contributed by atoms with Gasteiger partial charge in [-0.05, 0) is 46.6 Å². The molecule has 1 unspecified atom stereocenters. The van der Waals surface area contributed by atoms with Gasteiger partial charge in [-0.1, -0.05) is 57.2 Å². The molecule has 1 atom stereocenters. The maximum Gasteiger partial charge on any atom is 0.319 e. The molecule has 0 radical (unpaired) electrons. The lowest BCUT2D eigenvalue weighted by molar-refractivity contribution is 0.159. The summed E-state index contributed by atoms with van der Waals surface area (Å²) in [6, 6.07) is 14.0. The summed E-state index contributed by atoms with van der Waals surface area (Å²) < 4.78 is 0. The molecule has 4 nitrogen and oxygen atoms in total. The number of rotatable bonds is 3. The first-order valence-electron chi connectivity index (χ1n) is 9.26. The topological polar surface area (TPSA) is 61.4 Å². The van der Waals surface area contributed by atoms with Crippen LogP contribution in [0, 0.1) is 0 Å². The molecule has 2 amide bonds. The summed E-state index contributed by atoms with van der Waals surface area (Å²) >= 11 is 0. The largest absolute Gasteiger partial charge is 0.393 e. The third-order valence-corrected chi connectivity index (χ3v) is 4.98. The molecule has 3 rings (SSSR count). The maximum atomic E-state index is 12.3. The quantitative estimate of drug-likeness (QED) is 0.777. The standard InChI is InChI=1S/C22H28N2O2/c1-22(2,3)17-10-7-15(8-11-17)14-23-21(26)24-20-6-4-5-16-9-12-18(25)13-19(16)20/h4-8,10-11,18,25H,9,12-14H2,1-3H3,(H2,23,24,26). The number of urea groups is 1. The fraction of sp³-hybridized carbons (Fsp3) is 0.409. The van der Waals surface area contributed by atoms with Crippen LogP contribution in [0.4, 0.5) is 10.5 Å². The number of fused-ring (bicyclic) bond motifs is 1. The molecule has 4 heteroatoms. The number of carbonyl (C=O) groups is 1. The molecule has 26 heavy (non-hydrogen) atoms. The predicted molar refractivity (Wildman–Crippen MR) is 105 cm³/mol. The molecule has 0 aliphatic heterocycles. The molecule has 3 N–H and O–H groups in total. The Hall–Kier alpha value is -2.33. The van der Waals surface area contributed by atoms with Crippen LogP contribution in [-0.4, -0.2) is 17.2 Å². The van der Waals surface area contributed by atoms with Crippen molar-refractivity contribution < 1.29 is 9.90 Å². The first kappa shape index (κ1) is 18.5. The van der Waals surface area contributed by atoms with E-state index in [4.69, 9.17) is 0 Å². The van der Waals surface area contributed by atoms with Crippen molar-refractivity contribution in [3.63, 3.8) is 0 Å². The van der Waals surface area contributed by atoms with E-state index in [0.717, 1.165) is 29.7 Å². The molecule has 1 aliphatic rings. The number of nitrogens with one attached hydrogen (secondary N) is 2. The minimum absolute atomic E-state index is 0.125. The van der Waals surface area contributed by atoms with Crippen molar-refractivity contribution in [1.82, 2.24) is 5.32 Å². The van der Waals surface area contributed by atoms with Crippen LogP contribution < -0.4 is 10.6 Å². The zero-order valence-corrected chi connectivity index (χ0v) is 15.8. The Balaban J connectivity index is 1.60. The van der Waals surface area contributed by atoms with Crippen LogP contribution in [0.3, 0.4) is 0 Å². The van der Waals surface area contributed by atoms with Crippen molar-refractivity contribution in [2.24, 2.45) is 0 Å². The van der Waals surface area contributed by atoms with Crippen LogP contribution in [0.2, 0.25) is 0 Å². The van der Waals surface area contributed by atoms with Crippen LogP contribution in [0.1, 0.15) is 49.4 Å². The van der Waals surface area contributed by atoms with Crippen LogP contribution >= 0.6 is 0 Å². The summed E-state index contributed by atoms with van der Waals surface area (Å²) in [6.45, 7) is 7.04. The summed E-state index contributed by atoms with van der Waals surface area (Å²) in [5.74, 6) is 0. The normalized spacial score (nSPS) is 16.7. The van der Waals surface area contributed by atoms with E-state index in [1.165, 1.54) is 11.1 Å². The molecule has 0 bridgehead atoms. The van der Waals surface area contributed by atoms with E-state index in [2.05, 4.69) is 61.7 Å². The van der Waals surface area contributed by atoms with Crippen molar-refractivity contribution in [2.75, 3.05) is 5.32 Å². The Bertz CT molecular complexity index is 776. The fourth-order valence-electron chi connectivity index (χ4n) is 3.36. The molecule has 0 saturated heterocycles. The number of aliphatic hydroxyl groups excluding tert-OH is 1. The lowest BCUT2D eigenvalue weighted by atomic mass is 9.87. The molecule has 138 valence electrons. The fourth-order valence-corrected chi connectivity index (χ4v) is 3.36. The van der Waals surface area contributed by atoms with Crippen molar-refractivity contribution in [2.45, 2.75) is 58.1 Å². The predicted octanol–water partition coefficient (Wildman–Crippen LogP) is 4.16. The van der Waals surface area contributed by atoms with Gasteiger partial charge in [-0.25, -0.2) is 4.79 Å². The number of amides is 2. The SMILES string of the molecule is CC(C)(C)c1ccc(CNC(=O)Nc2cccc3c2CC(O)CC3)cc1. The molecule has 0 aromatic heterocycles. The summed E-state index contributed by atoms with van der Waals surface area (Å²) in [7, 11) is 0. The van der Waals surface area contributed by atoms with E-state index in [-0.39, 0.29) is 17.6 Å². The van der Waals surface area contributed by atoms with E-state index in [0.29, 0.717) is 13.0 Å². The number of aryl methyl sites for hydroxylation is 1. The van der Waals surface area contributed by atoms with Crippen molar-refractivity contribution >= 4 is 11.7 Å². The number of anilines is 1. The lowest BCUT2D eigenvalue weighted by Gasteiger charge is -2.23. The van der Waals surface area contributed by atoms with Crippen LogP contribution in [-0.2, 0) is 24.8 Å². The lowest BCUT2D eigenvalue weighted by Crippen LogP contribution is -2.29. The zero-order valence-electron chi connectivity index (χ0n) is 15.8. The van der Waals surface area contributed by atoms with Crippen molar-refractivity contribution in [1.29, 1.82) is 0 Å². The van der Waals surface area contributed by atoms with E-state index >= 15 is 0 Å². The summed E-state index contributed by atoms with van der Waals surface area (Å²) in [5, 5.41) is 15.8. The molecular formula is C22H28N2O2. The monoisotopic (exact) mass is 352 g/mol. The van der Waals surface area contributed by atoms with Crippen LogP contribution in [0.5, 0.6) is 0 Å². The van der Waals surface area contributed by atoms with E-state index < -0.39 is 0 Å². The number of hydrogen-bond acceptors (Lipinski definition) is 2. The second-order valence-corrected chi connectivity index (χ2v) is 8.09. The van der Waals surface area contributed by atoms with Gasteiger partial charge in [0.05, 0.1) is 6.10 Å². The van der Waals surface area contributed by atoms with Gasteiger partial charge in [-0.15, -0.1) is 0 Å². The highest BCUT2D eigenvalue weighted by atomic mass is 16.3. The average molecular weight is 352 g/mol. The molecule has 0 spiro atoms. The van der Waals surface area contributed by atoms with Gasteiger partial charge < -0.3 is 15.7 Å². The van der Waals surface area contributed by atoms with E-state index in [1.807, 2.05) is 12.1 Å². The Morgan fingerprint density at radius 2 is 1.88 bits per heavy atom. The second kappa shape index (κ2) is 7.50. The molecule has 2 aromatic carbocycles. The molecule has 2 aromatic rings. The highest BCUT2D eigenvalue weighted by molar-refractivity contribution is 5.90. The van der Waals surface area contributed by atoms with Gasteiger partial charge in [0, 0.05) is 18.7 Å².